The minimum Gasteiger partial charge on any atom is -0.493 e. The summed E-state index contributed by atoms with van der Waals surface area (Å²) in [6, 6.07) is 16.1. The highest BCUT2D eigenvalue weighted by Crippen LogP contribution is 2.28. The van der Waals surface area contributed by atoms with Gasteiger partial charge in [0.25, 0.3) is 0 Å². The van der Waals surface area contributed by atoms with Gasteiger partial charge in [-0.1, -0.05) is 36.4 Å². The first-order valence-corrected chi connectivity index (χ1v) is 6.37. The fraction of sp³-hybridized carbons (Fsp3) is 0.250. The van der Waals surface area contributed by atoms with Gasteiger partial charge in [-0.3, -0.25) is 0 Å². The van der Waals surface area contributed by atoms with Crippen LogP contribution in [0.3, 0.4) is 0 Å². The second-order valence-corrected chi connectivity index (χ2v) is 4.27. The molecule has 2 rings (SSSR count). The zero-order valence-corrected chi connectivity index (χ0v) is 11.1. The van der Waals surface area contributed by atoms with Crippen molar-refractivity contribution < 1.29 is 9.47 Å². The van der Waals surface area contributed by atoms with Gasteiger partial charge < -0.3 is 15.2 Å². The van der Waals surface area contributed by atoms with Crippen LogP contribution in [0.5, 0.6) is 11.5 Å². The van der Waals surface area contributed by atoms with E-state index >= 15 is 0 Å². The molecule has 2 aromatic carbocycles. The molecule has 0 unspecified atom stereocenters. The Balaban J connectivity index is 1.96. The molecule has 2 aromatic rings. The van der Waals surface area contributed by atoms with Crippen molar-refractivity contribution >= 4 is 0 Å². The van der Waals surface area contributed by atoms with E-state index in [1.54, 1.807) is 7.11 Å². The van der Waals surface area contributed by atoms with Crippen LogP contribution >= 0.6 is 0 Å². The standard InChI is InChI=1S/C16H19NO2/c1-18-16-11-14(12-17)7-8-15(16)19-10-9-13-5-3-2-4-6-13/h2-8,11H,9-10,12,17H2,1H3. The summed E-state index contributed by atoms with van der Waals surface area (Å²) in [5.41, 5.74) is 7.90. The maximum absolute atomic E-state index is 5.77. The number of hydrogen-bond acceptors (Lipinski definition) is 3. The Morgan fingerprint density at radius 2 is 1.74 bits per heavy atom. The van der Waals surface area contributed by atoms with E-state index in [2.05, 4.69) is 12.1 Å². The monoisotopic (exact) mass is 257 g/mol. The summed E-state index contributed by atoms with van der Waals surface area (Å²) >= 11 is 0. The fourth-order valence-corrected chi connectivity index (χ4v) is 1.88. The molecule has 0 saturated carbocycles. The minimum atomic E-state index is 0.501. The highest BCUT2D eigenvalue weighted by molar-refractivity contribution is 5.42. The van der Waals surface area contributed by atoms with Crippen molar-refractivity contribution in [1.82, 2.24) is 0 Å². The highest BCUT2D eigenvalue weighted by Gasteiger charge is 2.05. The van der Waals surface area contributed by atoms with Gasteiger partial charge in [0, 0.05) is 13.0 Å². The van der Waals surface area contributed by atoms with Gasteiger partial charge >= 0.3 is 0 Å². The summed E-state index contributed by atoms with van der Waals surface area (Å²) in [6.07, 6.45) is 0.878. The molecular weight excluding hydrogens is 238 g/mol. The summed E-state index contributed by atoms with van der Waals surface area (Å²) in [5.74, 6) is 1.49. The summed E-state index contributed by atoms with van der Waals surface area (Å²) in [5, 5.41) is 0. The topological polar surface area (TPSA) is 44.5 Å². The van der Waals surface area contributed by atoms with E-state index in [0.717, 1.165) is 23.5 Å². The van der Waals surface area contributed by atoms with Crippen molar-refractivity contribution in [2.24, 2.45) is 5.73 Å². The highest BCUT2D eigenvalue weighted by atomic mass is 16.5. The lowest BCUT2D eigenvalue weighted by Crippen LogP contribution is -2.03. The molecule has 3 heteroatoms. The number of rotatable bonds is 6. The molecule has 0 aliphatic rings. The lowest BCUT2D eigenvalue weighted by Gasteiger charge is -2.11. The molecule has 0 amide bonds. The van der Waals surface area contributed by atoms with E-state index < -0.39 is 0 Å². The normalized spacial score (nSPS) is 10.2. The molecule has 0 aliphatic heterocycles. The smallest absolute Gasteiger partial charge is 0.161 e. The average Bonchev–Trinajstić information content (AvgIpc) is 2.48. The van der Waals surface area contributed by atoms with Crippen LogP contribution in [-0.2, 0) is 13.0 Å². The molecule has 2 N–H and O–H groups in total. The Morgan fingerprint density at radius 1 is 0.947 bits per heavy atom. The molecule has 0 heterocycles. The van der Waals surface area contributed by atoms with Crippen LogP contribution in [0, 0.1) is 0 Å². The van der Waals surface area contributed by atoms with E-state index in [0.29, 0.717) is 13.2 Å². The summed E-state index contributed by atoms with van der Waals surface area (Å²) in [7, 11) is 1.64. The summed E-state index contributed by atoms with van der Waals surface area (Å²) < 4.78 is 11.1. The summed E-state index contributed by atoms with van der Waals surface area (Å²) in [4.78, 5) is 0. The number of nitrogens with two attached hydrogens (primary N) is 1. The van der Waals surface area contributed by atoms with E-state index in [4.69, 9.17) is 15.2 Å². The molecule has 0 aromatic heterocycles. The molecule has 0 radical (unpaired) electrons. The van der Waals surface area contributed by atoms with E-state index in [9.17, 15) is 0 Å². The van der Waals surface area contributed by atoms with Crippen LogP contribution in [0.1, 0.15) is 11.1 Å². The second-order valence-electron chi connectivity index (χ2n) is 4.27. The minimum absolute atomic E-state index is 0.501. The first kappa shape index (κ1) is 13.4. The number of benzene rings is 2. The number of methoxy groups -OCH3 is 1. The zero-order valence-electron chi connectivity index (χ0n) is 11.1. The van der Waals surface area contributed by atoms with Crippen molar-refractivity contribution in [1.29, 1.82) is 0 Å². The quantitative estimate of drug-likeness (QED) is 0.865. The molecule has 19 heavy (non-hydrogen) atoms. The Bertz CT molecular complexity index is 511. The van der Waals surface area contributed by atoms with Gasteiger partial charge in [-0.15, -0.1) is 0 Å². The van der Waals surface area contributed by atoms with Gasteiger partial charge in [-0.05, 0) is 23.3 Å². The Hall–Kier alpha value is -2.00. The molecule has 100 valence electrons. The summed E-state index contributed by atoms with van der Waals surface area (Å²) in [6.45, 7) is 1.13. The maximum atomic E-state index is 5.77. The molecule has 3 nitrogen and oxygen atoms in total. The SMILES string of the molecule is COc1cc(CN)ccc1OCCc1ccccc1. The van der Waals surface area contributed by atoms with Crippen LogP contribution in [-0.4, -0.2) is 13.7 Å². The third kappa shape index (κ3) is 3.73. The third-order valence-corrected chi connectivity index (χ3v) is 2.95. The third-order valence-electron chi connectivity index (χ3n) is 2.95. The first-order valence-electron chi connectivity index (χ1n) is 6.37. The van der Waals surface area contributed by atoms with Crippen LogP contribution in [0.15, 0.2) is 48.5 Å². The van der Waals surface area contributed by atoms with E-state index in [-0.39, 0.29) is 0 Å². The van der Waals surface area contributed by atoms with Crippen molar-refractivity contribution in [2.75, 3.05) is 13.7 Å². The Labute approximate surface area is 114 Å². The van der Waals surface area contributed by atoms with Crippen molar-refractivity contribution in [3.63, 3.8) is 0 Å². The predicted octanol–water partition coefficient (Wildman–Crippen LogP) is 2.78. The lowest BCUT2D eigenvalue weighted by atomic mass is 10.2. The molecule has 0 aliphatic carbocycles. The van der Waals surface area contributed by atoms with Crippen LogP contribution < -0.4 is 15.2 Å². The van der Waals surface area contributed by atoms with Crippen molar-refractivity contribution in [2.45, 2.75) is 13.0 Å². The van der Waals surface area contributed by atoms with Crippen LogP contribution in [0.4, 0.5) is 0 Å². The van der Waals surface area contributed by atoms with Crippen LogP contribution in [0.25, 0.3) is 0 Å². The van der Waals surface area contributed by atoms with Gasteiger partial charge in [0.15, 0.2) is 11.5 Å². The molecule has 0 saturated heterocycles. The second kappa shape index (κ2) is 6.81. The van der Waals surface area contributed by atoms with E-state index in [1.165, 1.54) is 5.56 Å². The van der Waals surface area contributed by atoms with Crippen molar-refractivity contribution in [3.8, 4) is 11.5 Å². The Kier molecular flexibility index (Phi) is 4.81. The van der Waals surface area contributed by atoms with Crippen LogP contribution in [0.2, 0.25) is 0 Å². The van der Waals surface area contributed by atoms with Gasteiger partial charge in [0.1, 0.15) is 0 Å². The first-order chi connectivity index (χ1) is 9.33. The van der Waals surface area contributed by atoms with E-state index in [1.807, 2.05) is 36.4 Å². The van der Waals surface area contributed by atoms with Gasteiger partial charge in [-0.25, -0.2) is 0 Å². The van der Waals surface area contributed by atoms with Gasteiger partial charge in [0.2, 0.25) is 0 Å². The average molecular weight is 257 g/mol. The molecule has 0 spiro atoms. The fourth-order valence-electron chi connectivity index (χ4n) is 1.88. The molecular formula is C16H19NO2. The van der Waals surface area contributed by atoms with Gasteiger partial charge in [-0.2, -0.15) is 0 Å². The van der Waals surface area contributed by atoms with Crippen molar-refractivity contribution in [3.05, 3.63) is 59.7 Å². The lowest BCUT2D eigenvalue weighted by molar-refractivity contribution is 0.297. The largest absolute Gasteiger partial charge is 0.493 e. The molecule has 0 bridgehead atoms. The number of ether oxygens (including phenoxy) is 2. The molecule has 0 atom stereocenters. The Morgan fingerprint density at radius 3 is 2.42 bits per heavy atom. The maximum Gasteiger partial charge on any atom is 0.161 e. The predicted molar refractivity (Wildman–Crippen MR) is 76.5 cm³/mol. The number of hydrogen-bond donors (Lipinski definition) is 1. The zero-order chi connectivity index (χ0) is 13.5. The van der Waals surface area contributed by atoms with Gasteiger partial charge in [0.05, 0.1) is 13.7 Å². The molecule has 0 fully saturated rings.